The van der Waals surface area contributed by atoms with Crippen LogP contribution in [0.4, 0.5) is 0 Å². The molecule has 0 saturated heterocycles. The third kappa shape index (κ3) is 3.16. The third-order valence-electron chi connectivity index (χ3n) is 3.72. The molecule has 1 aliphatic carbocycles. The van der Waals surface area contributed by atoms with Crippen molar-refractivity contribution in [3.63, 3.8) is 0 Å². The number of hydrogen-bond donors (Lipinski definition) is 1. The Morgan fingerprint density at radius 2 is 1.78 bits per heavy atom. The summed E-state index contributed by atoms with van der Waals surface area (Å²) < 4.78 is 0. The molecule has 0 heterocycles. The van der Waals surface area contributed by atoms with Gasteiger partial charge in [0.2, 0.25) is 0 Å². The van der Waals surface area contributed by atoms with Crippen molar-refractivity contribution in [1.82, 2.24) is 0 Å². The van der Waals surface area contributed by atoms with Gasteiger partial charge in [0, 0.05) is 17.2 Å². The molecule has 2 nitrogen and oxygen atoms in total. The van der Waals surface area contributed by atoms with Gasteiger partial charge in [-0.2, -0.15) is 0 Å². The second-order valence-corrected chi connectivity index (χ2v) is 5.49. The second kappa shape index (κ2) is 6.10. The van der Waals surface area contributed by atoms with Gasteiger partial charge < -0.3 is 5.11 Å². The average molecular weight is 262 g/mol. The van der Waals surface area contributed by atoms with Crippen LogP contribution in [-0.4, -0.2) is 15.9 Å². The predicted molar refractivity (Wildman–Crippen MR) is 75.8 cm³/mol. The Labute approximate surface area is 113 Å². The molecular formula is C15H18O2S. The molecule has 0 aliphatic heterocycles. The minimum Gasteiger partial charge on any atom is -0.481 e. The molecule has 0 spiro atoms. The van der Waals surface area contributed by atoms with Crippen molar-refractivity contribution < 1.29 is 9.90 Å². The first kappa shape index (κ1) is 13.2. The van der Waals surface area contributed by atoms with Gasteiger partial charge in [-0.3, -0.25) is 4.79 Å². The van der Waals surface area contributed by atoms with Crippen molar-refractivity contribution in [2.75, 3.05) is 0 Å². The fraction of sp³-hybridized carbons (Fsp3) is 0.467. The second-order valence-electron chi connectivity index (χ2n) is 4.96. The number of benzene rings is 1. The van der Waals surface area contributed by atoms with Gasteiger partial charge >= 0.3 is 5.97 Å². The Balaban J connectivity index is 2.05. The van der Waals surface area contributed by atoms with Crippen molar-refractivity contribution in [1.29, 1.82) is 0 Å². The van der Waals surface area contributed by atoms with E-state index in [1.165, 1.54) is 5.56 Å². The molecule has 1 saturated carbocycles. The number of rotatable bonds is 4. The average Bonchev–Trinajstić information content (AvgIpc) is 2.40. The standard InChI is InChI=1S/C15H18O2S/c16-15(17)13-9-5-4-8-12(13)14(18)10-11-6-2-1-3-7-11/h1-3,6-7,12-13H,4-5,8-10H2,(H,16,17). The zero-order valence-electron chi connectivity index (χ0n) is 10.3. The van der Waals surface area contributed by atoms with Gasteiger partial charge in [-0.25, -0.2) is 0 Å². The summed E-state index contributed by atoms with van der Waals surface area (Å²) in [6.45, 7) is 0. The molecule has 0 amide bonds. The van der Waals surface area contributed by atoms with Crippen molar-refractivity contribution in [3.05, 3.63) is 35.9 Å². The van der Waals surface area contributed by atoms with Crippen molar-refractivity contribution in [3.8, 4) is 0 Å². The lowest BCUT2D eigenvalue weighted by Gasteiger charge is -2.29. The Kier molecular flexibility index (Phi) is 4.48. The Hall–Kier alpha value is -1.22. The smallest absolute Gasteiger partial charge is 0.307 e. The molecule has 96 valence electrons. The SMILES string of the molecule is O=C(O)C1CCCCC1C(=S)Cc1ccccc1. The van der Waals surface area contributed by atoms with Crippen LogP contribution in [0.5, 0.6) is 0 Å². The highest BCUT2D eigenvalue weighted by Crippen LogP contribution is 2.32. The summed E-state index contributed by atoms with van der Waals surface area (Å²) in [5, 5.41) is 9.26. The largest absolute Gasteiger partial charge is 0.481 e. The van der Waals surface area contributed by atoms with Crippen LogP contribution in [0, 0.1) is 11.8 Å². The Bertz CT molecular complexity index is 427. The van der Waals surface area contributed by atoms with E-state index in [1.807, 2.05) is 30.3 Å². The number of carboxylic acids is 1. The van der Waals surface area contributed by atoms with E-state index in [0.29, 0.717) is 0 Å². The monoisotopic (exact) mass is 262 g/mol. The molecule has 2 unspecified atom stereocenters. The minimum atomic E-state index is -0.685. The normalized spacial score (nSPS) is 23.6. The van der Waals surface area contributed by atoms with Crippen LogP contribution in [0.1, 0.15) is 31.2 Å². The maximum atomic E-state index is 11.3. The van der Waals surface area contributed by atoms with Crippen LogP contribution >= 0.6 is 12.2 Å². The summed E-state index contributed by atoms with van der Waals surface area (Å²) in [5.74, 6) is -0.878. The molecule has 2 rings (SSSR count). The molecule has 1 aliphatic rings. The number of hydrogen-bond acceptors (Lipinski definition) is 2. The number of thiocarbonyl (C=S) groups is 1. The van der Waals surface area contributed by atoms with Crippen molar-refractivity contribution in [2.24, 2.45) is 11.8 Å². The molecule has 18 heavy (non-hydrogen) atoms. The van der Waals surface area contributed by atoms with E-state index in [-0.39, 0.29) is 11.8 Å². The van der Waals surface area contributed by atoms with Gasteiger partial charge in [-0.15, -0.1) is 0 Å². The third-order valence-corrected chi connectivity index (χ3v) is 4.16. The number of carbonyl (C=O) groups is 1. The molecule has 1 aromatic rings. The van der Waals surface area contributed by atoms with Crippen molar-refractivity contribution >= 4 is 23.1 Å². The van der Waals surface area contributed by atoms with Crippen LogP contribution in [0.3, 0.4) is 0 Å². The summed E-state index contributed by atoms with van der Waals surface area (Å²) in [6.07, 6.45) is 4.55. The zero-order valence-corrected chi connectivity index (χ0v) is 11.2. The molecule has 1 aromatic carbocycles. The van der Waals surface area contributed by atoms with E-state index in [0.717, 1.165) is 37.0 Å². The number of carboxylic acid groups (broad SMARTS) is 1. The van der Waals surface area contributed by atoms with E-state index in [9.17, 15) is 9.90 Å². The van der Waals surface area contributed by atoms with E-state index in [1.54, 1.807) is 0 Å². The fourth-order valence-corrected chi connectivity index (χ4v) is 3.19. The maximum absolute atomic E-state index is 11.3. The number of aliphatic carboxylic acids is 1. The highest BCUT2D eigenvalue weighted by molar-refractivity contribution is 7.80. The topological polar surface area (TPSA) is 37.3 Å². The van der Waals surface area contributed by atoms with Gasteiger partial charge in [0.05, 0.1) is 5.92 Å². The Morgan fingerprint density at radius 1 is 1.17 bits per heavy atom. The Morgan fingerprint density at radius 3 is 2.39 bits per heavy atom. The highest BCUT2D eigenvalue weighted by atomic mass is 32.1. The first-order valence-electron chi connectivity index (χ1n) is 6.48. The first-order valence-corrected chi connectivity index (χ1v) is 6.89. The fourth-order valence-electron chi connectivity index (χ4n) is 2.74. The van der Waals surface area contributed by atoms with Gasteiger partial charge in [-0.1, -0.05) is 55.4 Å². The lowest BCUT2D eigenvalue weighted by Crippen LogP contribution is -2.32. The van der Waals surface area contributed by atoms with Crippen LogP contribution in [0.15, 0.2) is 30.3 Å². The summed E-state index contributed by atoms with van der Waals surface area (Å²) in [6, 6.07) is 10.1. The summed E-state index contributed by atoms with van der Waals surface area (Å²) in [5.41, 5.74) is 1.18. The molecule has 0 radical (unpaired) electrons. The van der Waals surface area contributed by atoms with Crippen LogP contribution in [0.25, 0.3) is 0 Å². The van der Waals surface area contributed by atoms with Gasteiger partial charge in [-0.05, 0) is 18.4 Å². The van der Waals surface area contributed by atoms with Gasteiger partial charge in [0.25, 0.3) is 0 Å². The molecule has 3 heteroatoms. The van der Waals surface area contributed by atoms with E-state index in [2.05, 4.69) is 0 Å². The summed E-state index contributed by atoms with van der Waals surface area (Å²) >= 11 is 5.49. The van der Waals surface area contributed by atoms with E-state index in [4.69, 9.17) is 12.2 Å². The molecule has 0 bridgehead atoms. The summed E-state index contributed by atoms with van der Waals surface area (Å²) in [4.78, 5) is 12.2. The molecule has 1 N–H and O–H groups in total. The van der Waals surface area contributed by atoms with Crippen LogP contribution in [0.2, 0.25) is 0 Å². The molecule has 0 aromatic heterocycles. The molecule has 2 atom stereocenters. The van der Waals surface area contributed by atoms with Gasteiger partial charge in [0.1, 0.15) is 0 Å². The molecular weight excluding hydrogens is 244 g/mol. The predicted octanol–water partition coefficient (Wildman–Crippen LogP) is 3.49. The quantitative estimate of drug-likeness (QED) is 0.844. The van der Waals surface area contributed by atoms with E-state index < -0.39 is 5.97 Å². The first-order chi connectivity index (χ1) is 8.68. The van der Waals surface area contributed by atoms with E-state index >= 15 is 0 Å². The zero-order chi connectivity index (χ0) is 13.0. The van der Waals surface area contributed by atoms with Gasteiger partial charge in [0.15, 0.2) is 0 Å². The lowest BCUT2D eigenvalue weighted by molar-refractivity contribution is -0.143. The highest BCUT2D eigenvalue weighted by Gasteiger charge is 2.33. The van der Waals surface area contributed by atoms with Crippen LogP contribution in [-0.2, 0) is 11.2 Å². The molecule has 1 fully saturated rings. The maximum Gasteiger partial charge on any atom is 0.307 e. The summed E-state index contributed by atoms with van der Waals surface area (Å²) in [7, 11) is 0. The van der Waals surface area contributed by atoms with Crippen LogP contribution < -0.4 is 0 Å². The minimum absolute atomic E-state index is 0.0754. The van der Waals surface area contributed by atoms with Crippen molar-refractivity contribution in [2.45, 2.75) is 32.1 Å². The lowest BCUT2D eigenvalue weighted by atomic mass is 9.76.